The van der Waals surface area contributed by atoms with E-state index in [4.69, 9.17) is 16.3 Å². The van der Waals surface area contributed by atoms with Crippen molar-refractivity contribution >= 4 is 29.1 Å². The van der Waals surface area contributed by atoms with Gasteiger partial charge in [0.25, 0.3) is 11.8 Å². The topological polar surface area (TPSA) is 89.3 Å². The highest BCUT2D eigenvalue weighted by atomic mass is 35.5. The summed E-state index contributed by atoms with van der Waals surface area (Å²) in [5, 5.41) is 11.1. The van der Waals surface area contributed by atoms with Gasteiger partial charge in [-0.15, -0.1) is 5.10 Å². The van der Waals surface area contributed by atoms with Crippen LogP contribution in [0.25, 0.3) is 5.69 Å². The molecule has 2 aromatic carbocycles. The van der Waals surface area contributed by atoms with Crippen molar-refractivity contribution in [3.8, 4) is 11.4 Å². The maximum absolute atomic E-state index is 12.7. The van der Waals surface area contributed by atoms with Crippen molar-refractivity contribution in [3.63, 3.8) is 0 Å². The van der Waals surface area contributed by atoms with Gasteiger partial charge in [-0.3, -0.25) is 9.59 Å². The zero-order valence-electron chi connectivity index (χ0n) is 16.4. The van der Waals surface area contributed by atoms with Gasteiger partial charge in [0.15, 0.2) is 5.69 Å². The number of methoxy groups -OCH3 is 1. The van der Waals surface area contributed by atoms with E-state index in [0.29, 0.717) is 27.7 Å². The van der Waals surface area contributed by atoms with Gasteiger partial charge >= 0.3 is 0 Å². The molecule has 1 N–H and O–H groups in total. The Bertz CT molecular complexity index is 1060. The number of carbonyl (C=O) groups is 2. The Morgan fingerprint density at radius 3 is 2.45 bits per heavy atom. The van der Waals surface area contributed by atoms with Crippen LogP contribution in [0.5, 0.6) is 5.75 Å². The third kappa shape index (κ3) is 4.22. The van der Waals surface area contributed by atoms with Crippen LogP contribution in [0.4, 0.5) is 5.69 Å². The first-order chi connectivity index (χ1) is 13.8. The second kappa shape index (κ2) is 8.32. The number of benzene rings is 2. The van der Waals surface area contributed by atoms with Crippen molar-refractivity contribution in [3.05, 3.63) is 64.4 Å². The molecule has 1 heterocycles. The third-order valence-corrected chi connectivity index (χ3v) is 4.62. The van der Waals surface area contributed by atoms with Crippen LogP contribution in [0.3, 0.4) is 0 Å². The second-order valence-corrected chi connectivity index (χ2v) is 6.89. The number of ether oxygens (including phenoxy) is 1. The molecule has 2 amide bonds. The molecule has 3 rings (SSSR count). The van der Waals surface area contributed by atoms with Crippen molar-refractivity contribution in [2.24, 2.45) is 0 Å². The minimum absolute atomic E-state index is 0.154. The molecule has 0 fully saturated rings. The highest BCUT2D eigenvalue weighted by Crippen LogP contribution is 2.25. The predicted molar refractivity (Wildman–Crippen MR) is 110 cm³/mol. The summed E-state index contributed by atoms with van der Waals surface area (Å²) in [6, 6.07) is 11.9. The predicted octanol–water partition coefficient (Wildman–Crippen LogP) is 3.19. The van der Waals surface area contributed by atoms with Gasteiger partial charge in [0.1, 0.15) is 5.75 Å². The average Bonchev–Trinajstić information content (AvgIpc) is 3.10. The Labute approximate surface area is 173 Å². The quantitative estimate of drug-likeness (QED) is 0.693. The van der Waals surface area contributed by atoms with E-state index in [1.807, 2.05) is 12.1 Å². The second-order valence-electron chi connectivity index (χ2n) is 6.48. The van der Waals surface area contributed by atoms with E-state index in [2.05, 4.69) is 15.6 Å². The van der Waals surface area contributed by atoms with Crippen LogP contribution in [0.15, 0.2) is 42.5 Å². The number of rotatable bonds is 5. The van der Waals surface area contributed by atoms with Crippen molar-refractivity contribution < 1.29 is 14.3 Å². The molecule has 8 nitrogen and oxygen atoms in total. The Kier molecular flexibility index (Phi) is 5.84. The first-order valence-corrected chi connectivity index (χ1v) is 9.09. The fourth-order valence-electron chi connectivity index (χ4n) is 2.70. The fourth-order valence-corrected chi connectivity index (χ4v) is 2.87. The normalized spacial score (nSPS) is 10.5. The summed E-state index contributed by atoms with van der Waals surface area (Å²) < 4.78 is 6.71. The van der Waals surface area contributed by atoms with Crippen LogP contribution in [-0.4, -0.2) is 52.9 Å². The monoisotopic (exact) mass is 413 g/mol. The van der Waals surface area contributed by atoms with E-state index in [1.54, 1.807) is 57.1 Å². The van der Waals surface area contributed by atoms with E-state index in [0.717, 1.165) is 5.69 Å². The largest absolute Gasteiger partial charge is 0.497 e. The summed E-state index contributed by atoms with van der Waals surface area (Å²) in [7, 11) is 4.89. The minimum Gasteiger partial charge on any atom is -0.497 e. The van der Waals surface area contributed by atoms with Crippen LogP contribution < -0.4 is 10.1 Å². The summed E-state index contributed by atoms with van der Waals surface area (Å²) in [6.07, 6.45) is 0. The van der Waals surface area contributed by atoms with E-state index < -0.39 is 5.91 Å². The first kappa shape index (κ1) is 20.3. The molecule has 0 aliphatic heterocycles. The highest BCUT2D eigenvalue weighted by Gasteiger charge is 2.19. The number of hydrogen-bond donors (Lipinski definition) is 1. The number of nitrogens with zero attached hydrogens (tertiary/aromatic N) is 4. The first-order valence-electron chi connectivity index (χ1n) is 8.71. The van der Waals surface area contributed by atoms with Gasteiger partial charge < -0.3 is 15.0 Å². The Balaban J connectivity index is 1.86. The molecule has 0 aliphatic carbocycles. The summed E-state index contributed by atoms with van der Waals surface area (Å²) in [5.74, 6) is 0.0451. The molecule has 0 saturated carbocycles. The third-order valence-electron chi connectivity index (χ3n) is 4.29. The zero-order valence-corrected chi connectivity index (χ0v) is 17.2. The molecule has 29 heavy (non-hydrogen) atoms. The lowest BCUT2D eigenvalue weighted by Crippen LogP contribution is -2.22. The Morgan fingerprint density at radius 1 is 1.14 bits per heavy atom. The molecular weight excluding hydrogens is 394 g/mol. The molecule has 0 atom stereocenters. The van der Waals surface area contributed by atoms with Crippen LogP contribution in [-0.2, 0) is 0 Å². The van der Waals surface area contributed by atoms with Crippen LogP contribution in [0.2, 0.25) is 5.02 Å². The van der Waals surface area contributed by atoms with Gasteiger partial charge in [-0.25, -0.2) is 4.68 Å². The summed E-state index contributed by atoms with van der Waals surface area (Å²) in [6.45, 7) is 1.74. The highest BCUT2D eigenvalue weighted by molar-refractivity contribution is 6.34. The lowest BCUT2D eigenvalue weighted by atomic mass is 10.1. The molecule has 9 heteroatoms. The lowest BCUT2D eigenvalue weighted by molar-refractivity contribution is 0.0827. The number of anilines is 1. The number of halogens is 1. The van der Waals surface area contributed by atoms with Crippen LogP contribution in [0.1, 0.15) is 26.5 Å². The Morgan fingerprint density at radius 2 is 1.83 bits per heavy atom. The number of nitrogens with one attached hydrogen (secondary N) is 1. The standard InChI is InChI=1S/C20H20ClN5O3/c1-12-18(23-24-26(12)14-6-8-15(29-4)9-7-14)19(27)22-17-11-13(5-10-16(17)21)20(28)25(2)3/h5-11H,1-4H3,(H,22,27). The molecule has 0 aliphatic rings. The van der Waals surface area contributed by atoms with E-state index in [1.165, 1.54) is 11.0 Å². The van der Waals surface area contributed by atoms with Gasteiger partial charge in [-0.05, 0) is 49.4 Å². The molecule has 3 aromatic rings. The number of aromatic nitrogens is 3. The number of carbonyl (C=O) groups excluding carboxylic acids is 2. The number of hydrogen-bond acceptors (Lipinski definition) is 5. The minimum atomic E-state index is -0.474. The summed E-state index contributed by atoms with van der Waals surface area (Å²) in [4.78, 5) is 26.3. The maximum atomic E-state index is 12.7. The molecule has 0 bridgehead atoms. The van der Waals surface area contributed by atoms with Gasteiger partial charge in [-0.1, -0.05) is 16.8 Å². The molecule has 1 aromatic heterocycles. The van der Waals surface area contributed by atoms with E-state index in [9.17, 15) is 9.59 Å². The molecule has 0 saturated heterocycles. The van der Waals surface area contributed by atoms with E-state index in [-0.39, 0.29) is 11.6 Å². The van der Waals surface area contributed by atoms with Gasteiger partial charge in [-0.2, -0.15) is 0 Å². The molecule has 0 radical (unpaired) electrons. The van der Waals surface area contributed by atoms with Crippen molar-refractivity contribution in [2.75, 3.05) is 26.5 Å². The summed E-state index contributed by atoms with van der Waals surface area (Å²) in [5.41, 5.74) is 2.19. The average molecular weight is 414 g/mol. The smallest absolute Gasteiger partial charge is 0.278 e. The SMILES string of the molecule is COc1ccc(-n2nnc(C(=O)Nc3cc(C(=O)N(C)C)ccc3Cl)c2C)cc1. The van der Waals surface area contributed by atoms with Crippen LogP contribution >= 0.6 is 11.6 Å². The molecular formula is C20H20ClN5O3. The fraction of sp³-hybridized carbons (Fsp3) is 0.200. The van der Waals surface area contributed by atoms with Crippen molar-refractivity contribution in [2.45, 2.75) is 6.92 Å². The van der Waals surface area contributed by atoms with Gasteiger partial charge in [0.05, 0.1) is 29.2 Å². The lowest BCUT2D eigenvalue weighted by Gasteiger charge is -2.12. The summed E-state index contributed by atoms with van der Waals surface area (Å²) >= 11 is 6.19. The Hall–Kier alpha value is -3.39. The van der Waals surface area contributed by atoms with Gasteiger partial charge in [0.2, 0.25) is 0 Å². The number of amides is 2. The van der Waals surface area contributed by atoms with Gasteiger partial charge in [0, 0.05) is 19.7 Å². The maximum Gasteiger partial charge on any atom is 0.278 e. The zero-order chi connectivity index (χ0) is 21.1. The van der Waals surface area contributed by atoms with Crippen molar-refractivity contribution in [1.29, 1.82) is 0 Å². The molecule has 150 valence electrons. The van der Waals surface area contributed by atoms with Crippen molar-refractivity contribution in [1.82, 2.24) is 19.9 Å². The van der Waals surface area contributed by atoms with Crippen LogP contribution in [0, 0.1) is 6.92 Å². The molecule has 0 spiro atoms. The van der Waals surface area contributed by atoms with E-state index >= 15 is 0 Å². The molecule has 0 unspecified atom stereocenters.